The molecule has 3 rings (SSSR count). The summed E-state index contributed by atoms with van der Waals surface area (Å²) in [5, 5.41) is 0.871. The van der Waals surface area contributed by atoms with Gasteiger partial charge in [-0.3, -0.25) is 4.79 Å². The van der Waals surface area contributed by atoms with Gasteiger partial charge in [-0.25, -0.2) is 0 Å². The fourth-order valence-electron chi connectivity index (χ4n) is 1.68. The van der Waals surface area contributed by atoms with E-state index in [0.29, 0.717) is 21.9 Å². The molecule has 0 amide bonds. The third kappa shape index (κ3) is 1.15. The van der Waals surface area contributed by atoms with Gasteiger partial charge in [-0.1, -0.05) is 24.3 Å². The number of fused-ring (bicyclic) bond motifs is 2. The fraction of sp³-hybridized carbons (Fsp3) is 0. The molecule has 2 heteroatoms. The van der Waals surface area contributed by atoms with Crippen LogP contribution in [0.4, 0.5) is 0 Å². The van der Waals surface area contributed by atoms with Crippen LogP contribution in [0.15, 0.2) is 57.7 Å². The molecule has 0 saturated heterocycles. The first kappa shape index (κ1) is 7.23. The molecule has 0 N–H and O–H groups in total. The van der Waals surface area contributed by atoms with Gasteiger partial charge in [0.05, 0.1) is 12.1 Å². The minimum absolute atomic E-state index is 0.137. The van der Waals surface area contributed by atoms with Crippen LogP contribution in [0.5, 0.6) is 0 Å². The Bertz CT molecular complexity index is 744. The van der Waals surface area contributed by atoms with Crippen LogP contribution in [-0.4, -0.2) is 0 Å². The van der Waals surface area contributed by atoms with E-state index in [2.05, 4.69) is 0 Å². The van der Waals surface area contributed by atoms with Gasteiger partial charge in [-0.2, -0.15) is 0 Å². The van der Waals surface area contributed by atoms with E-state index in [1.165, 1.54) is 0 Å². The first-order valence-electron chi connectivity index (χ1n) is 5.18. The van der Waals surface area contributed by atoms with Crippen LogP contribution in [0.1, 0.15) is 1.37 Å². The highest BCUT2D eigenvalue weighted by Gasteiger charge is 2.04. The van der Waals surface area contributed by atoms with Crippen molar-refractivity contribution < 1.29 is 5.79 Å². The number of benzene rings is 2. The largest absolute Gasteiger partial charge is 0.456 e. The van der Waals surface area contributed by atoms with Crippen molar-refractivity contribution in [3.05, 3.63) is 58.7 Å². The Morgan fingerprint density at radius 2 is 1.60 bits per heavy atom. The second kappa shape index (κ2) is 2.95. The highest BCUT2D eigenvalue weighted by Crippen LogP contribution is 2.17. The third-order valence-electron chi connectivity index (χ3n) is 2.40. The van der Waals surface area contributed by atoms with Crippen molar-refractivity contribution in [1.29, 1.82) is 0 Å². The lowest BCUT2D eigenvalue weighted by molar-refractivity contribution is 0.660. The van der Waals surface area contributed by atoms with Crippen LogP contribution < -0.4 is 5.43 Å². The molecule has 0 saturated carbocycles. The van der Waals surface area contributed by atoms with E-state index in [9.17, 15) is 4.79 Å². The smallest absolute Gasteiger partial charge is 0.200 e. The fourth-order valence-corrected chi connectivity index (χ4v) is 1.68. The van der Waals surface area contributed by atoms with Crippen LogP contribution in [0.25, 0.3) is 21.9 Å². The highest BCUT2D eigenvalue weighted by molar-refractivity contribution is 5.89. The van der Waals surface area contributed by atoms with Crippen LogP contribution in [0.2, 0.25) is 0 Å². The summed E-state index contributed by atoms with van der Waals surface area (Å²) in [7, 11) is 0. The molecule has 1 heterocycles. The molecule has 0 bridgehead atoms. The minimum Gasteiger partial charge on any atom is -0.456 e. The normalized spacial score (nSPS) is 11.9. The highest BCUT2D eigenvalue weighted by atomic mass is 16.3. The van der Waals surface area contributed by atoms with E-state index in [1.807, 2.05) is 6.07 Å². The molecule has 0 fully saturated rings. The van der Waals surface area contributed by atoms with Crippen LogP contribution in [-0.2, 0) is 0 Å². The molecule has 1 aromatic heterocycles. The molecule has 0 radical (unpaired) electrons. The van der Waals surface area contributed by atoms with E-state index in [4.69, 9.17) is 5.79 Å². The Morgan fingerprint density at radius 1 is 0.933 bits per heavy atom. The minimum atomic E-state index is -0.137. The van der Waals surface area contributed by atoms with Gasteiger partial charge in [-0.05, 0) is 24.2 Å². The average Bonchev–Trinajstić information content (AvgIpc) is 2.29. The third-order valence-corrected chi connectivity index (χ3v) is 2.40. The summed E-state index contributed by atoms with van der Waals surface area (Å²) in [5.41, 5.74) is 0.893. The number of para-hydroxylation sites is 2. The Kier molecular flexibility index (Phi) is 1.42. The molecule has 0 aliphatic carbocycles. The molecule has 2 nitrogen and oxygen atoms in total. The Labute approximate surface area is 87.2 Å². The molecule has 0 spiro atoms. The quantitative estimate of drug-likeness (QED) is 0.518. The van der Waals surface area contributed by atoms with E-state index < -0.39 is 0 Å². The van der Waals surface area contributed by atoms with Crippen molar-refractivity contribution in [3.63, 3.8) is 0 Å². The lowest BCUT2D eigenvalue weighted by atomic mass is 10.1. The Hall–Kier alpha value is -2.09. The van der Waals surface area contributed by atoms with Crippen molar-refractivity contribution in [3.8, 4) is 0 Å². The van der Waals surface area contributed by atoms with Crippen molar-refractivity contribution in [2.45, 2.75) is 0 Å². The summed E-state index contributed by atoms with van der Waals surface area (Å²) in [6.45, 7) is 0. The molecule has 72 valence electrons. The maximum Gasteiger partial charge on any atom is 0.200 e. The van der Waals surface area contributed by atoms with Gasteiger partial charge in [0.2, 0.25) is 5.43 Å². The zero-order chi connectivity index (χ0) is 11.1. The summed E-state index contributed by atoms with van der Waals surface area (Å²) in [4.78, 5) is 12.1. The first-order chi connectivity index (χ1) is 7.77. The SMILES string of the molecule is [2H]c1cccc2oc3ccccc3c(=O)c12. The van der Waals surface area contributed by atoms with Gasteiger partial charge in [0.1, 0.15) is 11.2 Å². The summed E-state index contributed by atoms with van der Waals surface area (Å²) in [6.07, 6.45) is 0. The summed E-state index contributed by atoms with van der Waals surface area (Å²) in [5.74, 6) is 0. The van der Waals surface area contributed by atoms with Crippen molar-refractivity contribution >= 4 is 21.9 Å². The predicted octanol–water partition coefficient (Wildman–Crippen LogP) is 2.95. The molecular weight excluding hydrogens is 188 g/mol. The van der Waals surface area contributed by atoms with E-state index >= 15 is 0 Å². The summed E-state index contributed by atoms with van der Waals surface area (Å²) < 4.78 is 13.3. The predicted molar refractivity (Wildman–Crippen MR) is 60.0 cm³/mol. The second-order valence-corrected chi connectivity index (χ2v) is 3.34. The monoisotopic (exact) mass is 197 g/mol. The van der Waals surface area contributed by atoms with Gasteiger partial charge in [0.15, 0.2) is 0 Å². The van der Waals surface area contributed by atoms with Gasteiger partial charge in [0, 0.05) is 0 Å². The molecule has 2 aromatic carbocycles. The number of hydrogen-bond acceptors (Lipinski definition) is 2. The van der Waals surface area contributed by atoms with Crippen LogP contribution in [0, 0.1) is 0 Å². The van der Waals surface area contributed by atoms with Gasteiger partial charge < -0.3 is 4.42 Å². The lowest BCUT2D eigenvalue weighted by Crippen LogP contribution is -2.01. The summed E-state index contributed by atoms with van der Waals surface area (Å²) >= 11 is 0. The first-order valence-corrected chi connectivity index (χ1v) is 4.68. The van der Waals surface area contributed by atoms with Crippen molar-refractivity contribution in [2.75, 3.05) is 0 Å². The number of rotatable bonds is 0. The van der Waals surface area contributed by atoms with Crippen LogP contribution in [0.3, 0.4) is 0 Å². The topological polar surface area (TPSA) is 30.2 Å². The number of hydrogen-bond donors (Lipinski definition) is 0. The molecule has 0 aliphatic rings. The van der Waals surface area contributed by atoms with Gasteiger partial charge >= 0.3 is 0 Å². The van der Waals surface area contributed by atoms with Crippen LogP contribution >= 0.6 is 0 Å². The van der Waals surface area contributed by atoms with Crippen molar-refractivity contribution in [2.24, 2.45) is 0 Å². The zero-order valence-corrected chi connectivity index (χ0v) is 7.86. The zero-order valence-electron chi connectivity index (χ0n) is 8.86. The maximum absolute atomic E-state index is 12.1. The Morgan fingerprint density at radius 3 is 2.47 bits per heavy atom. The molecule has 3 aromatic rings. The van der Waals surface area contributed by atoms with Gasteiger partial charge in [0.25, 0.3) is 0 Å². The maximum atomic E-state index is 12.1. The van der Waals surface area contributed by atoms with E-state index in [1.54, 1.807) is 36.4 Å². The molecule has 0 atom stereocenters. The van der Waals surface area contributed by atoms with E-state index in [-0.39, 0.29) is 11.5 Å². The Balaban J connectivity index is 2.67. The van der Waals surface area contributed by atoms with Gasteiger partial charge in [-0.15, -0.1) is 0 Å². The standard InChI is InChI=1S/C13H8O2/c14-13-9-5-1-3-7-11(9)15-12-8-4-2-6-10(12)13/h1-8H/i5D. The van der Waals surface area contributed by atoms with Crippen molar-refractivity contribution in [1.82, 2.24) is 0 Å². The molecule has 0 aliphatic heterocycles. The van der Waals surface area contributed by atoms with E-state index in [0.717, 1.165) is 0 Å². The molecule has 0 unspecified atom stereocenters. The molecular formula is C13H8O2. The summed E-state index contributed by atoms with van der Waals surface area (Å²) in [6, 6.07) is 12.3. The lowest BCUT2D eigenvalue weighted by Gasteiger charge is -1.99. The second-order valence-electron chi connectivity index (χ2n) is 3.34. The molecule has 15 heavy (non-hydrogen) atoms. The average molecular weight is 197 g/mol.